The summed E-state index contributed by atoms with van der Waals surface area (Å²) in [6, 6.07) is 9.80. The smallest absolute Gasteiger partial charge is 0.311 e. The van der Waals surface area contributed by atoms with E-state index in [0.29, 0.717) is 16.5 Å². The number of carbonyl (C=O) groups is 4. The molecule has 2 aromatic rings. The van der Waals surface area contributed by atoms with Crippen molar-refractivity contribution in [2.45, 2.75) is 257 Å². The average molecular weight is 1890 g/mol. The molecular weight excluding hydrogens is 1780 g/mol. The van der Waals surface area contributed by atoms with E-state index in [1.54, 1.807) is 36.7 Å². The van der Waals surface area contributed by atoms with Gasteiger partial charge in [-0.3, -0.25) is 19.2 Å². The number of ketones is 2. The number of amides is 2. The molecule has 0 spiro atoms. The summed E-state index contributed by atoms with van der Waals surface area (Å²) in [5.41, 5.74) is 0. The van der Waals surface area contributed by atoms with Crippen molar-refractivity contribution in [1.29, 1.82) is 0 Å². The summed E-state index contributed by atoms with van der Waals surface area (Å²) < 4.78 is 94.7. The number of hydrogen-bond acceptors (Lipinski definition) is 49. The van der Waals surface area contributed by atoms with Gasteiger partial charge in [-0.05, 0) is 59.8 Å². The summed E-state index contributed by atoms with van der Waals surface area (Å²) in [5.74, 6) is -6.51. The standard InChI is InChI=1S/C73H113N5O40S6/c1-31(84)9-15-103-17-18-104-16-10-33(85)21-32(65(100)77-13-19-121-123-42-7-3-5-11-75-42)27-119-29-40-62-48(90)54(96)71(109-40)113-59-38(25-82)107-69(52(94)46(59)88)115-61-39(26-83)117-73(102,64(99)56(61)98)118-63-41(30-120-28-34(74-2)66(101)78-14-20-122-124-43-8-4-6-12-76-43)110-72(55(97)49(63)91)114-60-37(24-81)106-68(51(93)45(60)87)111-57-35(22-79)105-67(50(92)44(57)86)112-58-36(23-80)108-70(116-62)53(95)47(58)89/h3-8,11-12,32,34-41,44-64,67-72,74,79-83,86-99,102H,9-10,13-30H2,1-2H3,(H,77,100)(H,78,101)/t32?,34?,35?,36?,37?,38?,39?,40?,41?,44-,45-,46-,47-,48-,49-,50?,51?,52?,53?,54?,55?,56+,57-,58-,59-,60-,61-,62-,63-,64?,67-,68-,69-,70-,71-,72-,73-/m1/s1. The van der Waals surface area contributed by atoms with Crippen LogP contribution in [0.2, 0.25) is 0 Å². The molecule has 0 radical (unpaired) electrons. The lowest BCUT2D eigenvalue weighted by Gasteiger charge is -2.52. The Morgan fingerprint density at radius 2 is 0.782 bits per heavy atom. The summed E-state index contributed by atoms with van der Waals surface area (Å²) in [7, 11) is 7.04. The second kappa shape index (κ2) is 50.3. The first-order chi connectivity index (χ1) is 59.5. The van der Waals surface area contributed by atoms with Crippen LogP contribution in [-0.2, 0) is 95.0 Å². The van der Waals surface area contributed by atoms with Crippen molar-refractivity contribution in [3.63, 3.8) is 0 Å². The van der Waals surface area contributed by atoms with Crippen LogP contribution >= 0.6 is 66.7 Å². The summed E-state index contributed by atoms with van der Waals surface area (Å²) in [5, 5.41) is 244. The van der Waals surface area contributed by atoms with Gasteiger partial charge >= 0.3 is 5.97 Å². The van der Waals surface area contributed by atoms with Crippen LogP contribution in [0.5, 0.6) is 0 Å². The van der Waals surface area contributed by atoms with E-state index in [-0.39, 0.29) is 76.1 Å². The van der Waals surface area contributed by atoms with Crippen molar-refractivity contribution < 1.29 is 197 Å². The second-order valence-corrected chi connectivity index (χ2v) is 37.0. The lowest BCUT2D eigenvalue weighted by atomic mass is 9.94. The van der Waals surface area contributed by atoms with Crippen LogP contribution in [0.15, 0.2) is 58.8 Å². The number of carbonyl (C=O) groups excluding carboxylic acids is 4. The van der Waals surface area contributed by atoms with Gasteiger partial charge < -0.3 is 194 Å². The van der Waals surface area contributed by atoms with E-state index < -0.39 is 289 Å². The van der Waals surface area contributed by atoms with E-state index in [9.17, 15) is 121 Å². The molecular formula is C73H113N5O40S6. The zero-order valence-electron chi connectivity index (χ0n) is 67.0. The van der Waals surface area contributed by atoms with Gasteiger partial charge in [0.1, 0.15) is 174 Å². The van der Waals surface area contributed by atoms with Gasteiger partial charge in [0.25, 0.3) is 0 Å². The number of Topliss-reactive ketones (excluding diaryl/α,β-unsaturated/α-hetero) is 2. The number of thioether (sulfide) groups is 2. The van der Waals surface area contributed by atoms with Crippen LogP contribution in [0.4, 0.5) is 0 Å². The molecule has 706 valence electrons. The molecule has 14 bridgehead atoms. The maximum Gasteiger partial charge on any atom is 0.311 e. The summed E-state index contributed by atoms with van der Waals surface area (Å²) in [6.07, 6.45) is -70.2. The van der Waals surface area contributed by atoms with Crippen molar-refractivity contribution in [3.8, 4) is 0 Å². The van der Waals surface area contributed by atoms with Crippen LogP contribution in [0, 0.1) is 5.92 Å². The van der Waals surface area contributed by atoms with E-state index >= 15 is 0 Å². The predicted molar refractivity (Wildman–Crippen MR) is 429 cm³/mol. The van der Waals surface area contributed by atoms with Gasteiger partial charge in [0, 0.05) is 79.3 Å². The molecule has 2 aromatic heterocycles. The third-order valence-electron chi connectivity index (χ3n) is 21.2. The Hall–Kier alpha value is -2.80. The van der Waals surface area contributed by atoms with Crippen LogP contribution in [-0.4, -0.2) is 470 Å². The van der Waals surface area contributed by atoms with Crippen molar-refractivity contribution in [2.75, 3.05) is 114 Å². The highest BCUT2D eigenvalue weighted by Crippen LogP contribution is 2.42. The number of nitrogens with one attached hydrogen (secondary N) is 3. The van der Waals surface area contributed by atoms with Crippen molar-refractivity contribution in [3.05, 3.63) is 48.8 Å². The molecule has 21 aliphatic rings. The Morgan fingerprint density at radius 3 is 1.16 bits per heavy atom. The number of rotatable bonds is 37. The highest BCUT2D eigenvalue weighted by atomic mass is 33.1. The minimum absolute atomic E-state index is 0.0700. The molecule has 51 heteroatoms. The SMILES string of the molecule is CNC(CSCC1O[C@@H]2O[C@@H]3C(CO)O[C@H](O[C@@H]4C(CO)O[C@H](O[C@@H]5C(CO)O[C@H](O[C@@H]6C(CSCC(CC(=O)CCOCCOCCC(C)=O)C(=O)NCCSSc7ccccn7)O[C@H](O[C@@H]7C(CO)O[C@H](O[C@@H]8C(CO)O[C@@](O)(O[C@H]1[C@H](O)C2O)C(O)[C@H]8O)C(O)[C@H]7O)C(O)[C@H]6O)C(O)[C@H]5O)C(O)[C@H]4O)C(O)[C@H]3O)C(=O)NCCSSc1ccccn1. The molecule has 0 aliphatic carbocycles. The Kier molecular flexibility index (Phi) is 41.9. The number of hydrogen-bond donors (Lipinski definition) is 23. The molecule has 23 heterocycles. The number of ether oxygens (including phenoxy) is 16. The largest absolute Gasteiger partial charge is 0.394 e. The summed E-state index contributed by atoms with van der Waals surface area (Å²) in [4.78, 5) is 61.3. The third-order valence-corrected chi connectivity index (χ3v) is 28.1. The van der Waals surface area contributed by atoms with Crippen LogP contribution in [0.1, 0.15) is 26.2 Å². The van der Waals surface area contributed by atoms with E-state index in [4.69, 9.17) is 75.8 Å². The molecule has 37 atom stereocenters. The summed E-state index contributed by atoms with van der Waals surface area (Å²) >= 11 is 1.86. The molecule has 23 rings (SSSR count). The molecule has 21 saturated heterocycles. The molecule has 23 N–H and O–H groups in total. The highest BCUT2D eigenvalue weighted by Gasteiger charge is 2.63. The highest BCUT2D eigenvalue weighted by molar-refractivity contribution is 8.77. The first kappa shape index (κ1) is 103. The molecule has 0 aromatic carbocycles. The fourth-order valence-electron chi connectivity index (χ4n) is 14.4. The maximum absolute atomic E-state index is 14.2. The zero-order valence-corrected chi connectivity index (χ0v) is 71.9. The number of aliphatic hydroxyl groups excluding tert-OH is 19. The normalized spacial score (nSPS) is 39.8. The number of aromatic nitrogens is 2. The van der Waals surface area contributed by atoms with Crippen molar-refractivity contribution in [2.24, 2.45) is 5.92 Å². The first-order valence-electron chi connectivity index (χ1n) is 39.9. The van der Waals surface area contributed by atoms with Gasteiger partial charge in [0.15, 0.2) is 43.8 Å². The van der Waals surface area contributed by atoms with E-state index in [1.165, 1.54) is 57.1 Å². The lowest BCUT2D eigenvalue weighted by Crippen LogP contribution is -2.71. The molecule has 45 nitrogen and oxygen atoms in total. The molecule has 21 fully saturated rings. The van der Waals surface area contributed by atoms with Gasteiger partial charge in [0.2, 0.25) is 11.8 Å². The minimum atomic E-state index is -3.58. The number of likely N-dealkylation sites (N-methyl/N-ethyl adjacent to an activating group) is 1. The summed E-state index contributed by atoms with van der Waals surface area (Å²) in [6.45, 7) is -3.72. The average Bonchev–Trinajstić information content (AvgIpc) is 0.763. The van der Waals surface area contributed by atoms with Gasteiger partial charge in [-0.15, -0.1) is 0 Å². The maximum atomic E-state index is 14.2. The fourth-order valence-corrected chi connectivity index (χ4v) is 20.3. The van der Waals surface area contributed by atoms with Crippen LogP contribution in [0.3, 0.4) is 0 Å². The number of pyridine rings is 2. The first-order valence-corrected chi connectivity index (χ1v) is 46.9. The van der Waals surface area contributed by atoms with Crippen molar-refractivity contribution in [1.82, 2.24) is 25.9 Å². The molecule has 124 heavy (non-hydrogen) atoms. The Balaban J connectivity index is 0.920. The van der Waals surface area contributed by atoms with E-state index in [2.05, 4.69) is 25.9 Å². The monoisotopic (exact) mass is 1890 g/mol. The quantitative estimate of drug-likeness (QED) is 0.0221. The molecule has 2 amide bonds. The molecule has 21 aliphatic heterocycles. The minimum Gasteiger partial charge on any atom is -0.394 e. The Morgan fingerprint density at radius 1 is 0.427 bits per heavy atom. The van der Waals surface area contributed by atoms with Gasteiger partial charge in [-0.25, -0.2) is 9.97 Å². The molecule has 0 saturated carbocycles. The van der Waals surface area contributed by atoms with E-state index in [0.717, 1.165) is 28.5 Å². The van der Waals surface area contributed by atoms with Crippen LogP contribution < -0.4 is 16.0 Å². The topological polar surface area (TPSA) is 682 Å². The number of nitrogens with zero attached hydrogens (tertiary/aromatic N) is 2. The van der Waals surface area contributed by atoms with E-state index in [1.807, 2.05) is 12.1 Å². The fraction of sp³-hybridized carbons (Fsp3) is 0.808. The Labute approximate surface area is 734 Å². The van der Waals surface area contributed by atoms with Crippen LogP contribution in [0.25, 0.3) is 0 Å². The lowest BCUT2D eigenvalue weighted by molar-refractivity contribution is -0.480. The predicted octanol–water partition coefficient (Wildman–Crippen LogP) is -9.96. The number of aliphatic hydroxyl groups is 20. The van der Waals surface area contributed by atoms with Crippen molar-refractivity contribution >= 4 is 90.1 Å². The Bertz CT molecular complexity index is 3520. The van der Waals surface area contributed by atoms with Gasteiger partial charge in [-0.2, -0.15) is 23.5 Å². The molecule has 16 unspecified atom stereocenters. The zero-order chi connectivity index (χ0) is 89.6. The van der Waals surface area contributed by atoms with Gasteiger partial charge in [0.05, 0.1) is 83.6 Å². The third kappa shape index (κ3) is 27.0. The van der Waals surface area contributed by atoms with Gasteiger partial charge in [-0.1, -0.05) is 33.7 Å². The second-order valence-electron chi connectivity index (χ2n) is 30.0.